The van der Waals surface area contributed by atoms with Crippen LogP contribution in [-0.4, -0.2) is 43.7 Å². The summed E-state index contributed by atoms with van der Waals surface area (Å²) in [5.74, 6) is 0.548. The van der Waals surface area contributed by atoms with E-state index >= 15 is 0 Å². The van der Waals surface area contributed by atoms with Gasteiger partial charge in [-0.05, 0) is 12.5 Å². The van der Waals surface area contributed by atoms with E-state index in [0.29, 0.717) is 11.9 Å². The van der Waals surface area contributed by atoms with E-state index < -0.39 is 5.91 Å². The van der Waals surface area contributed by atoms with Gasteiger partial charge < -0.3 is 16.4 Å². The molecule has 1 amide bonds. The van der Waals surface area contributed by atoms with Gasteiger partial charge in [-0.25, -0.2) is 4.68 Å². The van der Waals surface area contributed by atoms with Crippen molar-refractivity contribution in [3.05, 3.63) is 18.5 Å². The lowest BCUT2D eigenvalue weighted by Gasteiger charge is -2.08. The molecule has 2 aromatic rings. The maximum Gasteiger partial charge on any atom is 0.257 e. The van der Waals surface area contributed by atoms with Gasteiger partial charge in [-0.1, -0.05) is 6.92 Å². The summed E-state index contributed by atoms with van der Waals surface area (Å²) in [5, 5.41) is 9.87. The number of hydrogen-bond acceptors (Lipinski definition) is 7. The first-order chi connectivity index (χ1) is 9.69. The molecular weight excluding hydrogens is 260 g/mol. The van der Waals surface area contributed by atoms with Gasteiger partial charge in [0, 0.05) is 18.9 Å². The van der Waals surface area contributed by atoms with Gasteiger partial charge in [-0.2, -0.15) is 20.1 Å². The lowest BCUT2D eigenvalue weighted by atomic mass is 10.5. The van der Waals surface area contributed by atoms with Crippen LogP contribution in [0.25, 0.3) is 5.95 Å². The fraction of sp³-hybridized carbons (Fsp3) is 0.364. The van der Waals surface area contributed by atoms with Crippen LogP contribution in [0, 0.1) is 0 Å². The first-order valence-corrected chi connectivity index (χ1v) is 6.21. The van der Waals surface area contributed by atoms with Gasteiger partial charge in [0.2, 0.25) is 17.8 Å². The van der Waals surface area contributed by atoms with Crippen molar-refractivity contribution in [3.8, 4) is 5.95 Å². The second-order valence-electron chi connectivity index (χ2n) is 3.98. The lowest BCUT2D eigenvalue weighted by Crippen LogP contribution is -2.23. The van der Waals surface area contributed by atoms with Crippen molar-refractivity contribution >= 4 is 17.8 Å². The van der Waals surface area contributed by atoms with Crippen molar-refractivity contribution in [1.29, 1.82) is 0 Å². The molecule has 0 aromatic carbocycles. The van der Waals surface area contributed by atoms with Crippen molar-refractivity contribution in [1.82, 2.24) is 24.7 Å². The number of nitrogens with two attached hydrogens (primary N) is 1. The number of aromatic nitrogens is 5. The van der Waals surface area contributed by atoms with Crippen molar-refractivity contribution in [2.75, 3.05) is 23.7 Å². The molecule has 2 aromatic heterocycles. The molecular formula is C11H16N8O. The van der Waals surface area contributed by atoms with Crippen LogP contribution in [0.5, 0.6) is 0 Å². The van der Waals surface area contributed by atoms with Crippen molar-refractivity contribution < 1.29 is 4.79 Å². The minimum atomic E-state index is -0.492. The van der Waals surface area contributed by atoms with Crippen LogP contribution in [0.4, 0.5) is 11.9 Å². The van der Waals surface area contributed by atoms with Crippen LogP contribution in [-0.2, 0) is 4.79 Å². The maximum atomic E-state index is 10.8. The summed E-state index contributed by atoms with van der Waals surface area (Å²) in [7, 11) is 0. The predicted molar refractivity (Wildman–Crippen MR) is 73.4 cm³/mol. The van der Waals surface area contributed by atoms with Gasteiger partial charge in [0.1, 0.15) is 0 Å². The smallest absolute Gasteiger partial charge is 0.257 e. The number of nitrogens with zero attached hydrogens (tertiary/aromatic N) is 5. The molecule has 0 radical (unpaired) electrons. The van der Waals surface area contributed by atoms with E-state index in [2.05, 4.69) is 30.7 Å². The number of anilines is 2. The lowest BCUT2D eigenvalue weighted by molar-refractivity contribution is -0.116. The van der Waals surface area contributed by atoms with Gasteiger partial charge in [0.25, 0.3) is 5.95 Å². The number of nitrogens with one attached hydrogen (secondary N) is 2. The highest BCUT2D eigenvalue weighted by molar-refractivity contribution is 5.78. The Bertz CT molecular complexity index is 568. The summed E-state index contributed by atoms with van der Waals surface area (Å²) in [4.78, 5) is 23.4. The molecule has 0 fully saturated rings. The highest BCUT2D eigenvalue weighted by Crippen LogP contribution is 2.08. The van der Waals surface area contributed by atoms with E-state index in [1.54, 1.807) is 18.5 Å². The van der Waals surface area contributed by atoms with E-state index in [1.807, 2.05) is 6.92 Å². The molecule has 0 bridgehead atoms. The van der Waals surface area contributed by atoms with E-state index in [9.17, 15) is 4.79 Å². The zero-order chi connectivity index (χ0) is 14.4. The molecule has 106 valence electrons. The molecule has 20 heavy (non-hydrogen) atoms. The minimum absolute atomic E-state index is 0.0459. The number of hydrogen-bond donors (Lipinski definition) is 3. The molecule has 0 atom stereocenters. The largest absolute Gasteiger partial charge is 0.368 e. The number of rotatable bonds is 7. The molecule has 0 saturated heterocycles. The average Bonchev–Trinajstić information content (AvgIpc) is 2.97. The Kier molecular flexibility index (Phi) is 4.43. The summed E-state index contributed by atoms with van der Waals surface area (Å²) in [6, 6.07) is 1.76. The molecule has 0 unspecified atom stereocenters. The van der Waals surface area contributed by atoms with Crippen LogP contribution >= 0.6 is 0 Å². The zero-order valence-electron chi connectivity index (χ0n) is 11.1. The Hall–Kier alpha value is -2.71. The highest BCUT2D eigenvalue weighted by Gasteiger charge is 2.08. The summed E-state index contributed by atoms with van der Waals surface area (Å²) in [5.41, 5.74) is 5.09. The summed E-state index contributed by atoms with van der Waals surface area (Å²) in [6.45, 7) is 2.72. The summed E-state index contributed by atoms with van der Waals surface area (Å²) in [6.07, 6.45) is 4.28. The van der Waals surface area contributed by atoms with E-state index in [0.717, 1.165) is 13.0 Å². The molecule has 2 heterocycles. The molecule has 9 nitrogen and oxygen atoms in total. The van der Waals surface area contributed by atoms with E-state index in [4.69, 9.17) is 5.73 Å². The summed E-state index contributed by atoms with van der Waals surface area (Å²) < 4.78 is 1.51. The first-order valence-electron chi connectivity index (χ1n) is 6.21. The molecule has 0 saturated carbocycles. The SMILES string of the molecule is CCCNc1nc(NCC(N)=O)nc(-n2cccn2)n1. The second kappa shape index (κ2) is 6.45. The van der Waals surface area contributed by atoms with E-state index in [-0.39, 0.29) is 12.5 Å². The van der Waals surface area contributed by atoms with Gasteiger partial charge >= 0.3 is 0 Å². The quantitative estimate of drug-likeness (QED) is 0.638. The van der Waals surface area contributed by atoms with Crippen LogP contribution in [0.15, 0.2) is 18.5 Å². The second-order valence-corrected chi connectivity index (χ2v) is 3.98. The van der Waals surface area contributed by atoms with Crippen LogP contribution in [0.1, 0.15) is 13.3 Å². The van der Waals surface area contributed by atoms with Gasteiger partial charge in [0.15, 0.2) is 0 Å². The van der Waals surface area contributed by atoms with Crippen LogP contribution in [0.3, 0.4) is 0 Å². The average molecular weight is 276 g/mol. The molecule has 4 N–H and O–H groups in total. The van der Waals surface area contributed by atoms with Crippen LogP contribution in [0.2, 0.25) is 0 Å². The Morgan fingerprint density at radius 3 is 2.65 bits per heavy atom. The molecule has 9 heteroatoms. The number of carbonyl (C=O) groups excluding carboxylic acids is 1. The first kappa shape index (κ1) is 13.7. The molecule has 0 spiro atoms. The van der Waals surface area contributed by atoms with Crippen molar-refractivity contribution in [2.24, 2.45) is 5.73 Å². The Balaban J connectivity index is 2.26. The molecule has 0 aliphatic heterocycles. The van der Waals surface area contributed by atoms with Crippen molar-refractivity contribution in [2.45, 2.75) is 13.3 Å². The fourth-order valence-corrected chi connectivity index (χ4v) is 1.42. The van der Waals surface area contributed by atoms with Gasteiger partial charge in [-0.15, -0.1) is 0 Å². The number of amides is 1. The third-order valence-electron chi connectivity index (χ3n) is 2.29. The summed E-state index contributed by atoms with van der Waals surface area (Å²) >= 11 is 0. The Labute approximate surface area is 115 Å². The minimum Gasteiger partial charge on any atom is -0.368 e. The van der Waals surface area contributed by atoms with Crippen LogP contribution < -0.4 is 16.4 Å². The maximum absolute atomic E-state index is 10.8. The number of carbonyl (C=O) groups is 1. The van der Waals surface area contributed by atoms with E-state index in [1.165, 1.54) is 4.68 Å². The Morgan fingerprint density at radius 2 is 2.05 bits per heavy atom. The standard InChI is InChI=1S/C11H16N8O/c1-2-4-13-9-16-10(14-7-8(12)20)18-11(17-9)19-6-3-5-15-19/h3,5-6H,2,4,7H2,1H3,(H2,12,20)(H2,13,14,16,17,18). The third kappa shape index (κ3) is 3.64. The van der Waals surface area contributed by atoms with Gasteiger partial charge in [-0.3, -0.25) is 4.79 Å². The normalized spacial score (nSPS) is 10.2. The monoisotopic (exact) mass is 276 g/mol. The molecule has 0 aliphatic carbocycles. The number of primary amides is 1. The molecule has 0 aliphatic rings. The van der Waals surface area contributed by atoms with Gasteiger partial charge in [0.05, 0.1) is 6.54 Å². The van der Waals surface area contributed by atoms with Crippen molar-refractivity contribution in [3.63, 3.8) is 0 Å². The highest BCUT2D eigenvalue weighted by atomic mass is 16.1. The topological polar surface area (TPSA) is 124 Å². The zero-order valence-corrected chi connectivity index (χ0v) is 11.1. The Morgan fingerprint density at radius 1 is 1.30 bits per heavy atom. The predicted octanol–water partition coefficient (Wildman–Crippen LogP) is -0.224. The molecule has 2 rings (SSSR count). The fourth-order valence-electron chi connectivity index (χ4n) is 1.42. The third-order valence-corrected chi connectivity index (χ3v) is 2.29.